The number of amides is 2. The molecule has 1 aromatic rings. The summed E-state index contributed by atoms with van der Waals surface area (Å²) < 4.78 is 0. The van der Waals surface area contributed by atoms with E-state index in [0.717, 1.165) is 29.7 Å². The molecule has 0 aliphatic carbocycles. The third kappa shape index (κ3) is 3.35. The summed E-state index contributed by atoms with van der Waals surface area (Å²) in [5, 5.41) is 8.95. The number of carbonyl (C=O) groups excluding carboxylic acids is 1. The molecule has 1 atom stereocenters. The van der Waals surface area contributed by atoms with Crippen molar-refractivity contribution >= 4 is 17.7 Å². The van der Waals surface area contributed by atoms with Gasteiger partial charge in [-0.2, -0.15) is 0 Å². The number of carboxylic acid groups (broad SMARTS) is 1. The molecule has 1 unspecified atom stereocenters. The number of carbonyl (C=O) groups is 2. The largest absolute Gasteiger partial charge is 0.481 e. The molecule has 1 saturated heterocycles. The highest BCUT2D eigenvalue weighted by atomic mass is 16.4. The van der Waals surface area contributed by atoms with E-state index in [0.29, 0.717) is 6.54 Å². The number of nitrogens with zero attached hydrogens (tertiary/aromatic N) is 2. The average molecular weight is 290 g/mol. The number of carboxylic acids is 1. The Balaban J connectivity index is 2.16. The number of rotatable bonds is 3. The lowest BCUT2D eigenvalue weighted by Gasteiger charge is -2.29. The van der Waals surface area contributed by atoms with E-state index in [4.69, 9.17) is 5.11 Å². The van der Waals surface area contributed by atoms with E-state index in [9.17, 15) is 9.59 Å². The third-order valence-corrected chi connectivity index (χ3v) is 4.03. The minimum Gasteiger partial charge on any atom is -0.481 e. The first-order valence-corrected chi connectivity index (χ1v) is 7.23. The van der Waals surface area contributed by atoms with Gasteiger partial charge in [0.05, 0.1) is 6.42 Å². The zero-order valence-corrected chi connectivity index (χ0v) is 12.8. The molecule has 2 amide bonds. The number of anilines is 1. The van der Waals surface area contributed by atoms with Gasteiger partial charge in [0.25, 0.3) is 0 Å². The Hall–Kier alpha value is -2.04. The molecule has 0 radical (unpaired) electrons. The van der Waals surface area contributed by atoms with Gasteiger partial charge in [-0.3, -0.25) is 9.69 Å². The lowest BCUT2D eigenvalue weighted by atomic mass is 10.1. The molecular formula is C16H22N2O3. The predicted octanol–water partition coefficient (Wildman–Crippen LogP) is 2.80. The zero-order chi connectivity index (χ0) is 15.6. The van der Waals surface area contributed by atoms with Gasteiger partial charge < -0.3 is 10.0 Å². The zero-order valence-electron chi connectivity index (χ0n) is 12.8. The fourth-order valence-electron chi connectivity index (χ4n) is 2.98. The number of benzene rings is 1. The molecule has 1 N–H and O–H groups in total. The van der Waals surface area contributed by atoms with E-state index in [1.54, 1.807) is 16.8 Å². The minimum absolute atomic E-state index is 0.0203. The van der Waals surface area contributed by atoms with Crippen LogP contribution in [0.25, 0.3) is 0 Å². The second-order valence-electron chi connectivity index (χ2n) is 5.72. The van der Waals surface area contributed by atoms with Gasteiger partial charge in [0.15, 0.2) is 0 Å². The van der Waals surface area contributed by atoms with E-state index in [2.05, 4.69) is 0 Å². The molecule has 1 heterocycles. The van der Waals surface area contributed by atoms with Crippen molar-refractivity contribution in [3.8, 4) is 0 Å². The number of urea groups is 1. The molecule has 2 rings (SSSR count). The van der Waals surface area contributed by atoms with Crippen LogP contribution < -0.4 is 4.90 Å². The van der Waals surface area contributed by atoms with Gasteiger partial charge in [-0.1, -0.05) is 17.7 Å². The van der Waals surface area contributed by atoms with Crippen molar-refractivity contribution in [2.24, 2.45) is 0 Å². The second-order valence-corrected chi connectivity index (χ2v) is 5.72. The molecule has 1 aliphatic rings. The third-order valence-electron chi connectivity index (χ3n) is 4.03. The number of aliphatic carboxylic acids is 1. The summed E-state index contributed by atoms with van der Waals surface area (Å²) in [5.41, 5.74) is 3.06. The molecule has 5 heteroatoms. The van der Waals surface area contributed by atoms with Crippen LogP contribution in [-0.4, -0.2) is 41.6 Å². The first-order chi connectivity index (χ1) is 9.90. The molecular weight excluding hydrogens is 268 g/mol. The average Bonchev–Trinajstić information content (AvgIpc) is 2.84. The van der Waals surface area contributed by atoms with Crippen LogP contribution in [0.2, 0.25) is 0 Å². The first-order valence-electron chi connectivity index (χ1n) is 7.23. The minimum atomic E-state index is -0.853. The van der Waals surface area contributed by atoms with Crippen molar-refractivity contribution in [1.82, 2.24) is 4.90 Å². The van der Waals surface area contributed by atoms with Crippen LogP contribution >= 0.6 is 0 Å². The fourth-order valence-corrected chi connectivity index (χ4v) is 2.98. The van der Waals surface area contributed by atoms with Gasteiger partial charge in [-0.05, 0) is 38.3 Å². The van der Waals surface area contributed by atoms with Crippen LogP contribution in [0.15, 0.2) is 18.2 Å². The topological polar surface area (TPSA) is 60.9 Å². The van der Waals surface area contributed by atoms with Crippen LogP contribution in [0.5, 0.6) is 0 Å². The van der Waals surface area contributed by atoms with Crippen LogP contribution in [0.4, 0.5) is 10.5 Å². The predicted molar refractivity (Wildman–Crippen MR) is 81.7 cm³/mol. The van der Waals surface area contributed by atoms with Crippen LogP contribution in [0, 0.1) is 13.8 Å². The molecule has 0 bridgehead atoms. The summed E-state index contributed by atoms with van der Waals surface area (Å²) in [6.07, 6.45) is 1.65. The molecule has 1 aromatic carbocycles. The van der Waals surface area contributed by atoms with Crippen molar-refractivity contribution in [3.63, 3.8) is 0 Å². The summed E-state index contributed by atoms with van der Waals surface area (Å²) >= 11 is 0. The summed E-state index contributed by atoms with van der Waals surface area (Å²) in [4.78, 5) is 26.8. The molecule has 5 nitrogen and oxygen atoms in total. The summed E-state index contributed by atoms with van der Waals surface area (Å²) in [6.45, 7) is 4.62. The smallest absolute Gasteiger partial charge is 0.324 e. The van der Waals surface area contributed by atoms with Gasteiger partial charge in [-0.25, -0.2) is 4.79 Å². The Kier molecular flexibility index (Phi) is 4.50. The molecule has 1 aliphatic heterocycles. The number of hydrogen-bond donors (Lipinski definition) is 1. The number of likely N-dealkylation sites (tertiary alicyclic amines) is 1. The Morgan fingerprint density at radius 3 is 2.71 bits per heavy atom. The fraction of sp³-hybridized carbons (Fsp3) is 0.500. The standard InChI is InChI=1S/C16H22N2O3/c1-11-6-7-14(12(2)9-11)17(3)16(21)18-8-4-5-13(18)10-15(19)20/h6-7,9,13H,4-5,8,10H2,1-3H3,(H,19,20). The highest BCUT2D eigenvalue weighted by Gasteiger charge is 2.32. The molecule has 0 spiro atoms. The second kappa shape index (κ2) is 6.16. The van der Waals surface area contributed by atoms with Gasteiger partial charge in [0.1, 0.15) is 0 Å². The summed E-state index contributed by atoms with van der Waals surface area (Å²) in [5.74, 6) is -0.853. The van der Waals surface area contributed by atoms with Gasteiger partial charge in [-0.15, -0.1) is 0 Å². The molecule has 114 valence electrons. The maximum Gasteiger partial charge on any atom is 0.324 e. The van der Waals surface area contributed by atoms with Crippen molar-refractivity contribution < 1.29 is 14.7 Å². The highest BCUT2D eigenvalue weighted by molar-refractivity contribution is 5.93. The van der Waals surface area contributed by atoms with Crippen LogP contribution in [-0.2, 0) is 4.79 Å². The monoisotopic (exact) mass is 290 g/mol. The van der Waals surface area contributed by atoms with Crippen LogP contribution in [0.1, 0.15) is 30.4 Å². The Labute approximate surface area is 125 Å². The van der Waals surface area contributed by atoms with E-state index in [1.807, 2.05) is 32.0 Å². The van der Waals surface area contributed by atoms with E-state index >= 15 is 0 Å². The Bertz CT molecular complexity index is 556. The highest BCUT2D eigenvalue weighted by Crippen LogP contribution is 2.25. The molecule has 1 fully saturated rings. The van der Waals surface area contributed by atoms with E-state index in [1.165, 1.54) is 0 Å². The summed E-state index contributed by atoms with van der Waals surface area (Å²) in [7, 11) is 1.75. The van der Waals surface area contributed by atoms with Gasteiger partial charge in [0, 0.05) is 25.3 Å². The quantitative estimate of drug-likeness (QED) is 0.931. The summed E-state index contributed by atoms with van der Waals surface area (Å²) in [6, 6.07) is 5.64. The number of hydrogen-bond acceptors (Lipinski definition) is 2. The maximum absolute atomic E-state index is 12.6. The molecule has 0 aromatic heterocycles. The number of aryl methyl sites for hydroxylation is 2. The Morgan fingerprint density at radius 1 is 1.38 bits per heavy atom. The normalized spacial score (nSPS) is 17.9. The SMILES string of the molecule is Cc1ccc(N(C)C(=O)N2CCCC2CC(=O)O)c(C)c1. The molecule has 21 heavy (non-hydrogen) atoms. The lowest BCUT2D eigenvalue weighted by molar-refractivity contribution is -0.137. The maximum atomic E-state index is 12.6. The van der Waals surface area contributed by atoms with Crippen molar-refractivity contribution in [2.75, 3.05) is 18.5 Å². The van der Waals surface area contributed by atoms with Crippen molar-refractivity contribution in [1.29, 1.82) is 0 Å². The molecule has 0 saturated carbocycles. The Morgan fingerprint density at radius 2 is 2.10 bits per heavy atom. The van der Waals surface area contributed by atoms with Crippen molar-refractivity contribution in [2.45, 2.75) is 39.2 Å². The van der Waals surface area contributed by atoms with Gasteiger partial charge in [0.2, 0.25) is 0 Å². The van der Waals surface area contributed by atoms with E-state index < -0.39 is 5.97 Å². The first kappa shape index (κ1) is 15.4. The van der Waals surface area contributed by atoms with Crippen LogP contribution in [0.3, 0.4) is 0 Å². The van der Waals surface area contributed by atoms with Crippen molar-refractivity contribution in [3.05, 3.63) is 29.3 Å². The van der Waals surface area contributed by atoms with E-state index in [-0.39, 0.29) is 18.5 Å². The van der Waals surface area contributed by atoms with Gasteiger partial charge >= 0.3 is 12.0 Å². The lowest BCUT2D eigenvalue weighted by Crippen LogP contribution is -2.44.